The van der Waals surface area contributed by atoms with Crippen LogP contribution in [0.5, 0.6) is 0 Å². The number of rotatable bonds is 4. The zero-order valence-corrected chi connectivity index (χ0v) is 11.8. The van der Waals surface area contributed by atoms with Gasteiger partial charge in [-0.2, -0.15) is 0 Å². The Labute approximate surface area is 113 Å². The number of sulfonamides is 1. The topological polar surface area (TPSA) is 89.3 Å². The molecule has 1 aromatic carbocycles. The summed E-state index contributed by atoms with van der Waals surface area (Å²) in [7, 11) is -3.79. The summed E-state index contributed by atoms with van der Waals surface area (Å²) in [4.78, 5) is 12.0. The number of nitrogens with two attached hydrogens (primary N) is 1. The number of aryl methyl sites for hydroxylation is 1. The number of hydrogen-bond donors (Lipinski definition) is 2. The Kier molecular flexibility index (Phi) is 3.64. The van der Waals surface area contributed by atoms with Crippen molar-refractivity contribution in [3.05, 3.63) is 29.3 Å². The van der Waals surface area contributed by atoms with Crippen LogP contribution in [0.2, 0.25) is 0 Å². The molecule has 2 rings (SSSR count). The highest BCUT2D eigenvalue weighted by atomic mass is 32.2. The highest BCUT2D eigenvalue weighted by molar-refractivity contribution is 7.89. The molecule has 19 heavy (non-hydrogen) atoms. The SMILES string of the molecule is Cc1cc(C(=O)NC(C)C2CC2)cc(S(N)(=O)=O)c1. The number of benzene rings is 1. The Bertz CT molecular complexity index is 606. The molecule has 0 heterocycles. The molecule has 1 fully saturated rings. The van der Waals surface area contributed by atoms with Crippen LogP contribution in [-0.4, -0.2) is 20.4 Å². The van der Waals surface area contributed by atoms with Gasteiger partial charge >= 0.3 is 0 Å². The molecule has 0 bridgehead atoms. The van der Waals surface area contributed by atoms with Crippen LogP contribution in [0.4, 0.5) is 0 Å². The molecule has 1 unspecified atom stereocenters. The maximum absolute atomic E-state index is 12.1. The molecule has 0 spiro atoms. The molecule has 1 aliphatic carbocycles. The summed E-state index contributed by atoms with van der Waals surface area (Å²) in [6, 6.07) is 4.54. The molecule has 0 aromatic heterocycles. The highest BCUT2D eigenvalue weighted by Crippen LogP contribution is 2.32. The van der Waals surface area contributed by atoms with Crippen molar-refractivity contribution >= 4 is 15.9 Å². The summed E-state index contributed by atoms with van der Waals surface area (Å²) >= 11 is 0. The summed E-state index contributed by atoms with van der Waals surface area (Å²) in [5, 5.41) is 7.98. The van der Waals surface area contributed by atoms with Crippen LogP contribution in [0.15, 0.2) is 23.1 Å². The van der Waals surface area contributed by atoms with E-state index < -0.39 is 10.0 Å². The molecule has 6 heteroatoms. The number of amides is 1. The average Bonchev–Trinajstić information content (AvgIpc) is 3.10. The van der Waals surface area contributed by atoms with E-state index in [1.807, 2.05) is 6.92 Å². The van der Waals surface area contributed by atoms with E-state index in [4.69, 9.17) is 5.14 Å². The van der Waals surface area contributed by atoms with E-state index in [9.17, 15) is 13.2 Å². The van der Waals surface area contributed by atoms with Crippen LogP contribution in [0.25, 0.3) is 0 Å². The van der Waals surface area contributed by atoms with Crippen molar-refractivity contribution in [1.82, 2.24) is 5.32 Å². The molecule has 3 N–H and O–H groups in total. The third-order valence-electron chi connectivity index (χ3n) is 3.33. The molecular weight excluding hydrogens is 264 g/mol. The predicted molar refractivity (Wildman–Crippen MR) is 72.2 cm³/mol. The van der Waals surface area contributed by atoms with Crippen molar-refractivity contribution in [2.75, 3.05) is 0 Å². The second-order valence-corrected chi connectivity index (χ2v) is 6.74. The minimum atomic E-state index is -3.79. The number of nitrogens with one attached hydrogen (secondary N) is 1. The summed E-state index contributed by atoms with van der Waals surface area (Å²) < 4.78 is 22.7. The predicted octanol–water partition coefficient (Wildman–Crippen LogP) is 1.17. The Morgan fingerprint density at radius 2 is 2.00 bits per heavy atom. The lowest BCUT2D eigenvalue weighted by atomic mass is 10.1. The van der Waals surface area contributed by atoms with Crippen molar-refractivity contribution in [3.63, 3.8) is 0 Å². The first kappa shape index (κ1) is 14.0. The fourth-order valence-electron chi connectivity index (χ4n) is 2.05. The molecule has 104 valence electrons. The second-order valence-electron chi connectivity index (χ2n) is 5.18. The maximum atomic E-state index is 12.1. The van der Waals surface area contributed by atoms with E-state index in [0.29, 0.717) is 17.0 Å². The van der Waals surface area contributed by atoms with Gasteiger partial charge in [0, 0.05) is 11.6 Å². The fraction of sp³-hybridized carbons (Fsp3) is 0.462. The Morgan fingerprint density at radius 1 is 1.37 bits per heavy atom. The van der Waals surface area contributed by atoms with Crippen LogP contribution in [0.3, 0.4) is 0 Å². The molecule has 1 saturated carbocycles. The quantitative estimate of drug-likeness (QED) is 0.868. The van der Waals surface area contributed by atoms with Gasteiger partial charge in [-0.15, -0.1) is 0 Å². The normalized spacial score (nSPS) is 17.0. The van der Waals surface area contributed by atoms with Crippen molar-refractivity contribution < 1.29 is 13.2 Å². The molecule has 5 nitrogen and oxygen atoms in total. The zero-order chi connectivity index (χ0) is 14.2. The van der Waals surface area contributed by atoms with Gasteiger partial charge in [-0.05, 0) is 56.4 Å². The number of hydrogen-bond acceptors (Lipinski definition) is 3. The van der Waals surface area contributed by atoms with E-state index in [1.54, 1.807) is 13.0 Å². The van der Waals surface area contributed by atoms with Crippen molar-refractivity contribution in [1.29, 1.82) is 0 Å². The standard InChI is InChI=1S/C13H18N2O3S/c1-8-5-11(7-12(6-8)19(14,17)18)13(16)15-9(2)10-3-4-10/h5-7,9-10H,3-4H2,1-2H3,(H,15,16)(H2,14,17,18). The Hall–Kier alpha value is -1.40. The molecule has 1 aromatic rings. The van der Waals surface area contributed by atoms with E-state index in [0.717, 1.165) is 12.8 Å². The first-order valence-corrected chi connectivity index (χ1v) is 7.77. The molecule has 1 atom stereocenters. The van der Waals surface area contributed by atoms with Gasteiger partial charge in [0.25, 0.3) is 5.91 Å². The number of carbonyl (C=O) groups excluding carboxylic acids is 1. The smallest absolute Gasteiger partial charge is 0.251 e. The molecule has 0 radical (unpaired) electrons. The summed E-state index contributed by atoms with van der Waals surface area (Å²) in [6.45, 7) is 3.70. The van der Waals surface area contributed by atoms with Crippen LogP contribution >= 0.6 is 0 Å². The van der Waals surface area contributed by atoms with Crippen LogP contribution in [0, 0.1) is 12.8 Å². The molecule has 1 amide bonds. The molecule has 0 aliphatic heterocycles. The third kappa shape index (κ3) is 3.54. The fourth-order valence-corrected chi connectivity index (χ4v) is 2.69. The van der Waals surface area contributed by atoms with Gasteiger partial charge in [-0.1, -0.05) is 0 Å². The van der Waals surface area contributed by atoms with E-state index in [1.165, 1.54) is 12.1 Å². The van der Waals surface area contributed by atoms with Gasteiger partial charge in [-0.25, -0.2) is 13.6 Å². The van der Waals surface area contributed by atoms with E-state index >= 15 is 0 Å². The van der Waals surface area contributed by atoms with Gasteiger partial charge < -0.3 is 5.32 Å². The van der Waals surface area contributed by atoms with E-state index in [2.05, 4.69) is 5.32 Å². The first-order valence-electron chi connectivity index (χ1n) is 6.23. The first-order chi connectivity index (χ1) is 8.77. The van der Waals surface area contributed by atoms with Gasteiger partial charge in [0.2, 0.25) is 10.0 Å². The molecule has 0 saturated heterocycles. The lowest BCUT2D eigenvalue weighted by Crippen LogP contribution is -2.34. The van der Waals surface area contributed by atoms with Gasteiger partial charge in [0.05, 0.1) is 4.90 Å². The van der Waals surface area contributed by atoms with Crippen molar-refractivity contribution in [2.24, 2.45) is 11.1 Å². The Morgan fingerprint density at radius 3 is 2.53 bits per heavy atom. The second kappa shape index (κ2) is 4.94. The van der Waals surface area contributed by atoms with Gasteiger partial charge in [0.15, 0.2) is 0 Å². The number of carbonyl (C=O) groups is 1. The van der Waals surface area contributed by atoms with Gasteiger partial charge in [0.1, 0.15) is 0 Å². The summed E-state index contributed by atoms with van der Waals surface area (Å²) in [5.41, 5.74) is 1.02. The Balaban J connectivity index is 2.23. The van der Waals surface area contributed by atoms with E-state index in [-0.39, 0.29) is 16.8 Å². The minimum Gasteiger partial charge on any atom is -0.349 e. The van der Waals surface area contributed by atoms with Crippen LogP contribution in [0.1, 0.15) is 35.7 Å². The largest absolute Gasteiger partial charge is 0.349 e. The van der Waals surface area contributed by atoms with Crippen LogP contribution in [-0.2, 0) is 10.0 Å². The summed E-state index contributed by atoms with van der Waals surface area (Å²) in [6.07, 6.45) is 2.27. The highest BCUT2D eigenvalue weighted by Gasteiger charge is 2.29. The lowest BCUT2D eigenvalue weighted by Gasteiger charge is -2.13. The third-order valence-corrected chi connectivity index (χ3v) is 4.22. The van der Waals surface area contributed by atoms with Crippen molar-refractivity contribution in [3.8, 4) is 0 Å². The van der Waals surface area contributed by atoms with Crippen molar-refractivity contribution in [2.45, 2.75) is 37.6 Å². The maximum Gasteiger partial charge on any atom is 0.251 e. The molecular formula is C13H18N2O3S. The zero-order valence-electron chi connectivity index (χ0n) is 11.0. The molecule has 1 aliphatic rings. The van der Waals surface area contributed by atoms with Gasteiger partial charge in [-0.3, -0.25) is 4.79 Å². The minimum absolute atomic E-state index is 0.0308. The van der Waals surface area contributed by atoms with Crippen LogP contribution < -0.4 is 10.5 Å². The average molecular weight is 282 g/mol. The monoisotopic (exact) mass is 282 g/mol. The number of primary sulfonamides is 1. The lowest BCUT2D eigenvalue weighted by molar-refractivity contribution is 0.0935. The summed E-state index contributed by atoms with van der Waals surface area (Å²) in [5.74, 6) is 0.291.